The summed E-state index contributed by atoms with van der Waals surface area (Å²) < 4.78 is 0. The molecule has 1 saturated carbocycles. The normalized spacial score (nSPS) is 18.7. The summed E-state index contributed by atoms with van der Waals surface area (Å²) >= 11 is 12.4. The lowest BCUT2D eigenvalue weighted by Crippen LogP contribution is -2.39. The van der Waals surface area contributed by atoms with Gasteiger partial charge in [0.25, 0.3) is 0 Å². The molecule has 0 spiro atoms. The Kier molecular flexibility index (Phi) is 6.40. The molecule has 1 aromatic carbocycles. The summed E-state index contributed by atoms with van der Waals surface area (Å²) in [5.41, 5.74) is 1.58. The van der Waals surface area contributed by atoms with Gasteiger partial charge in [-0.15, -0.1) is 0 Å². The Bertz CT molecular complexity index is 449. The molecule has 3 heteroatoms. The molecule has 1 aromatic rings. The molecule has 1 aliphatic rings. The largest absolute Gasteiger partial charge is 0.316 e. The maximum atomic E-state index is 6.27. The van der Waals surface area contributed by atoms with Crippen LogP contribution in [0.2, 0.25) is 10.0 Å². The molecule has 21 heavy (non-hydrogen) atoms. The summed E-state index contributed by atoms with van der Waals surface area (Å²) in [4.78, 5) is 0. The Labute approximate surface area is 139 Å². The molecule has 1 N–H and O–H groups in total. The van der Waals surface area contributed by atoms with Crippen LogP contribution in [0.5, 0.6) is 0 Å². The van der Waals surface area contributed by atoms with Crippen molar-refractivity contribution in [3.8, 4) is 0 Å². The van der Waals surface area contributed by atoms with Crippen molar-refractivity contribution in [2.45, 2.75) is 57.8 Å². The topological polar surface area (TPSA) is 12.0 Å². The predicted molar refractivity (Wildman–Crippen MR) is 93.5 cm³/mol. The Balaban J connectivity index is 2.22. The average molecular weight is 328 g/mol. The minimum absolute atomic E-state index is 0.222. The first-order valence-electron chi connectivity index (χ1n) is 8.20. The first-order valence-corrected chi connectivity index (χ1v) is 8.95. The summed E-state index contributed by atoms with van der Waals surface area (Å²) in [7, 11) is 0. The molecule has 1 aliphatic carbocycles. The summed E-state index contributed by atoms with van der Waals surface area (Å²) in [5.74, 6) is 0.682. The minimum atomic E-state index is 0.222. The van der Waals surface area contributed by atoms with Crippen LogP contribution in [0.1, 0.15) is 57.9 Å². The third-order valence-corrected chi connectivity index (χ3v) is 5.35. The SMILES string of the molecule is CC(C)CNCC1(c2ccc(Cl)c(Cl)c2)CCCCCC1. The van der Waals surface area contributed by atoms with Crippen molar-refractivity contribution < 1.29 is 0 Å². The van der Waals surface area contributed by atoms with E-state index in [1.807, 2.05) is 6.07 Å². The van der Waals surface area contributed by atoms with Crippen LogP contribution in [0.4, 0.5) is 0 Å². The van der Waals surface area contributed by atoms with E-state index >= 15 is 0 Å². The van der Waals surface area contributed by atoms with Gasteiger partial charge in [0, 0.05) is 12.0 Å². The van der Waals surface area contributed by atoms with Crippen molar-refractivity contribution in [3.05, 3.63) is 33.8 Å². The van der Waals surface area contributed by atoms with Gasteiger partial charge in [0.2, 0.25) is 0 Å². The smallest absolute Gasteiger partial charge is 0.0595 e. The molecule has 1 fully saturated rings. The highest BCUT2D eigenvalue weighted by Crippen LogP contribution is 2.40. The Morgan fingerprint density at radius 1 is 1.05 bits per heavy atom. The summed E-state index contributed by atoms with van der Waals surface area (Å²) in [6.07, 6.45) is 7.82. The average Bonchev–Trinajstić information content (AvgIpc) is 2.68. The maximum Gasteiger partial charge on any atom is 0.0595 e. The van der Waals surface area contributed by atoms with Crippen molar-refractivity contribution in [3.63, 3.8) is 0 Å². The van der Waals surface area contributed by atoms with Crippen LogP contribution in [0, 0.1) is 5.92 Å². The van der Waals surface area contributed by atoms with Gasteiger partial charge in [0.05, 0.1) is 10.0 Å². The number of nitrogens with one attached hydrogen (secondary N) is 1. The Morgan fingerprint density at radius 3 is 2.29 bits per heavy atom. The van der Waals surface area contributed by atoms with E-state index in [4.69, 9.17) is 23.2 Å². The number of hydrogen-bond acceptors (Lipinski definition) is 1. The van der Waals surface area contributed by atoms with Crippen LogP contribution >= 0.6 is 23.2 Å². The van der Waals surface area contributed by atoms with Gasteiger partial charge < -0.3 is 5.32 Å². The highest BCUT2D eigenvalue weighted by molar-refractivity contribution is 6.42. The molecule has 1 nitrogen and oxygen atoms in total. The van der Waals surface area contributed by atoms with E-state index in [1.165, 1.54) is 44.1 Å². The summed E-state index contributed by atoms with van der Waals surface area (Å²) in [5, 5.41) is 5.01. The van der Waals surface area contributed by atoms with E-state index < -0.39 is 0 Å². The van der Waals surface area contributed by atoms with Gasteiger partial charge in [-0.1, -0.05) is 68.8 Å². The molecule has 0 atom stereocenters. The van der Waals surface area contributed by atoms with E-state index in [0.29, 0.717) is 16.0 Å². The lowest BCUT2D eigenvalue weighted by atomic mass is 9.74. The van der Waals surface area contributed by atoms with Gasteiger partial charge in [-0.3, -0.25) is 0 Å². The first kappa shape index (κ1) is 17.1. The van der Waals surface area contributed by atoms with E-state index in [2.05, 4.69) is 31.3 Å². The molecule has 0 amide bonds. The van der Waals surface area contributed by atoms with E-state index in [1.54, 1.807) is 0 Å². The number of rotatable bonds is 5. The zero-order valence-corrected chi connectivity index (χ0v) is 14.7. The highest BCUT2D eigenvalue weighted by Gasteiger charge is 2.32. The molecule has 0 bridgehead atoms. The van der Waals surface area contributed by atoms with Gasteiger partial charge in [-0.25, -0.2) is 0 Å². The predicted octanol–water partition coefficient (Wildman–Crippen LogP) is 5.83. The van der Waals surface area contributed by atoms with Crippen LogP contribution in [0.15, 0.2) is 18.2 Å². The monoisotopic (exact) mass is 327 g/mol. The second-order valence-corrected chi connectivity index (χ2v) is 7.66. The van der Waals surface area contributed by atoms with Gasteiger partial charge in [0.15, 0.2) is 0 Å². The van der Waals surface area contributed by atoms with E-state index in [9.17, 15) is 0 Å². The van der Waals surface area contributed by atoms with Crippen molar-refractivity contribution in [2.24, 2.45) is 5.92 Å². The molecule has 0 unspecified atom stereocenters. The molecule has 0 radical (unpaired) electrons. The standard InChI is InChI=1S/C18H27Cl2N/c1-14(2)12-21-13-18(9-5-3-4-6-10-18)15-7-8-16(19)17(20)11-15/h7-8,11,14,21H,3-6,9-10,12-13H2,1-2H3. The first-order chi connectivity index (χ1) is 10.0. The zero-order chi connectivity index (χ0) is 15.3. The van der Waals surface area contributed by atoms with Crippen LogP contribution in [-0.4, -0.2) is 13.1 Å². The summed E-state index contributed by atoms with van der Waals surface area (Å²) in [6.45, 7) is 6.63. The van der Waals surface area contributed by atoms with Crippen molar-refractivity contribution >= 4 is 23.2 Å². The molecular weight excluding hydrogens is 301 g/mol. The molecule has 2 rings (SSSR count). The number of benzene rings is 1. The Morgan fingerprint density at radius 2 is 1.71 bits per heavy atom. The van der Waals surface area contributed by atoms with E-state index in [-0.39, 0.29) is 5.41 Å². The molecule has 0 aromatic heterocycles. The van der Waals surface area contributed by atoms with Gasteiger partial charge in [-0.2, -0.15) is 0 Å². The fourth-order valence-corrected chi connectivity index (χ4v) is 3.70. The number of hydrogen-bond donors (Lipinski definition) is 1. The highest BCUT2D eigenvalue weighted by atomic mass is 35.5. The third kappa shape index (κ3) is 4.61. The summed E-state index contributed by atoms with van der Waals surface area (Å²) in [6, 6.07) is 6.22. The van der Waals surface area contributed by atoms with Crippen LogP contribution in [0.3, 0.4) is 0 Å². The van der Waals surface area contributed by atoms with Gasteiger partial charge in [-0.05, 0) is 43.0 Å². The van der Waals surface area contributed by atoms with Crippen LogP contribution < -0.4 is 5.32 Å². The third-order valence-electron chi connectivity index (χ3n) is 4.61. The molecular formula is C18H27Cl2N. The van der Waals surface area contributed by atoms with Crippen LogP contribution in [-0.2, 0) is 5.41 Å². The minimum Gasteiger partial charge on any atom is -0.316 e. The molecule has 0 aliphatic heterocycles. The zero-order valence-electron chi connectivity index (χ0n) is 13.2. The maximum absolute atomic E-state index is 6.27. The van der Waals surface area contributed by atoms with Crippen molar-refractivity contribution in [2.75, 3.05) is 13.1 Å². The fraction of sp³-hybridized carbons (Fsp3) is 0.667. The van der Waals surface area contributed by atoms with Crippen molar-refractivity contribution in [1.82, 2.24) is 5.32 Å². The lowest BCUT2D eigenvalue weighted by Gasteiger charge is -2.34. The molecule has 0 heterocycles. The molecule has 0 saturated heterocycles. The molecule has 118 valence electrons. The quantitative estimate of drug-likeness (QED) is 0.670. The van der Waals surface area contributed by atoms with Crippen molar-refractivity contribution in [1.29, 1.82) is 0 Å². The van der Waals surface area contributed by atoms with Gasteiger partial charge in [0.1, 0.15) is 0 Å². The van der Waals surface area contributed by atoms with E-state index in [0.717, 1.165) is 13.1 Å². The second kappa shape index (κ2) is 7.85. The second-order valence-electron chi connectivity index (χ2n) is 6.85. The fourth-order valence-electron chi connectivity index (χ4n) is 3.40. The number of halogens is 2. The Hall–Kier alpha value is -0.240. The van der Waals surface area contributed by atoms with Crippen LogP contribution in [0.25, 0.3) is 0 Å². The van der Waals surface area contributed by atoms with Gasteiger partial charge >= 0.3 is 0 Å². The lowest BCUT2D eigenvalue weighted by molar-refractivity contribution is 0.340.